The Morgan fingerprint density at radius 2 is 1.91 bits per heavy atom. The summed E-state index contributed by atoms with van der Waals surface area (Å²) in [7, 11) is 0. The van der Waals surface area contributed by atoms with Gasteiger partial charge in [0.05, 0.1) is 30.9 Å². The normalized spacial score (nSPS) is 23.6. The molecular weight excluding hydrogens is 548 g/mol. The lowest BCUT2D eigenvalue weighted by Crippen LogP contribution is -2.56. The quantitative estimate of drug-likeness (QED) is 0.403. The highest BCUT2D eigenvalue weighted by molar-refractivity contribution is 5.78. The Balaban J connectivity index is 0.997. The van der Waals surface area contributed by atoms with E-state index >= 15 is 0 Å². The van der Waals surface area contributed by atoms with E-state index in [0.717, 1.165) is 57.9 Å². The lowest BCUT2D eigenvalue weighted by Gasteiger charge is -2.43. The molecule has 2 aromatic carbocycles. The number of hydrogen-bond acceptors (Lipinski definition) is 11. The summed E-state index contributed by atoms with van der Waals surface area (Å²) in [5, 5.41) is 22.5. The molecule has 1 aliphatic carbocycles. The van der Waals surface area contributed by atoms with Gasteiger partial charge in [0.25, 0.3) is 0 Å². The van der Waals surface area contributed by atoms with Crippen LogP contribution in [-0.4, -0.2) is 106 Å². The van der Waals surface area contributed by atoms with Crippen LogP contribution in [0.5, 0.6) is 5.75 Å². The van der Waals surface area contributed by atoms with Crippen LogP contribution < -0.4 is 15.0 Å². The molecule has 1 amide bonds. The van der Waals surface area contributed by atoms with E-state index in [1.165, 1.54) is 12.0 Å². The minimum atomic E-state index is -0.503. The average Bonchev–Trinajstić information content (AvgIpc) is 3.62. The van der Waals surface area contributed by atoms with Gasteiger partial charge >= 0.3 is 0 Å². The van der Waals surface area contributed by atoms with Gasteiger partial charge in [-0.05, 0) is 61.2 Å². The van der Waals surface area contributed by atoms with E-state index in [0.29, 0.717) is 47.2 Å². The van der Waals surface area contributed by atoms with Gasteiger partial charge in [-0.1, -0.05) is 0 Å². The fraction of sp³-hybridized carbons (Fsp3) is 0.452. The first kappa shape index (κ1) is 27.5. The van der Waals surface area contributed by atoms with E-state index in [1.54, 1.807) is 17.0 Å². The number of piperazine rings is 1. The predicted octanol–water partition coefficient (Wildman–Crippen LogP) is 2.04. The third kappa shape index (κ3) is 5.59. The molecular formula is C31H34N8O4. The summed E-state index contributed by atoms with van der Waals surface area (Å²) in [6.07, 6.45) is 2.92. The monoisotopic (exact) mass is 582 g/mol. The first-order valence-corrected chi connectivity index (χ1v) is 14.8. The Labute approximate surface area is 249 Å². The molecule has 222 valence electrons. The summed E-state index contributed by atoms with van der Waals surface area (Å²) in [5.74, 6) is 1.38. The molecule has 1 aromatic heterocycles. The minimum absolute atomic E-state index is 0.0835. The minimum Gasteiger partial charge on any atom is -0.487 e. The van der Waals surface area contributed by atoms with Gasteiger partial charge in [-0.3, -0.25) is 9.69 Å². The van der Waals surface area contributed by atoms with Crippen LogP contribution in [0.25, 0.3) is 11.4 Å². The van der Waals surface area contributed by atoms with Crippen LogP contribution in [0.3, 0.4) is 0 Å². The number of amides is 1. The topological polar surface area (TPSA) is 140 Å². The maximum absolute atomic E-state index is 12.1. The van der Waals surface area contributed by atoms with Gasteiger partial charge in [-0.15, -0.1) is 0 Å². The van der Waals surface area contributed by atoms with Crippen molar-refractivity contribution in [3.05, 3.63) is 54.4 Å². The number of nitrogens with one attached hydrogen (secondary N) is 1. The smallest absolute Gasteiger partial charge is 0.248 e. The lowest BCUT2D eigenvalue weighted by atomic mass is 10.1. The van der Waals surface area contributed by atoms with Gasteiger partial charge in [0.2, 0.25) is 11.9 Å². The van der Waals surface area contributed by atoms with Crippen molar-refractivity contribution in [2.75, 3.05) is 62.8 Å². The number of nitriles is 1. The van der Waals surface area contributed by atoms with Crippen molar-refractivity contribution in [2.24, 2.45) is 5.92 Å². The summed E-state index contributed by atoms with van der Waals surface area (Å²) in [6.45, 7) is 5.96. The van der Waals surface area contributed by atoms with Crippen LogP contribution in [0.1, 0.15) is 18.4 Å². The van der Waals surface area contributed by atoms with Gasteiger partial charge in [0.1, 0.15) is 30.9 Å². The Hall–Kier alpha value is -4.31. The molecule has 3 saturated heterocycles. The molecule has 0 radical (unpaired) electrons. The molecule has 4 aliphatic rings. The highest BCUT2D eigenvalue weighted by Gasteiger charge is 2.48. The highest BCUT2D eigenvalue weighted by atomic mass is 16.5. The molecule has 2 N–H and O–H groups in total. The number of rotatable bonds is 8. The van der Waals surface area contributed by atoms with Crippen molar-refractivity contribution >= 4 is 23.2 Å². The van der Waals surface area contributed by atoms with E-state index in [4.69, 9.17) is 9.47 Å². The molecule has 0 spiro atoms. The van der Waals surface area contributed by atoms with Crippen LogP contribution in [0.4, 0.5) is 17.3 Å². The van der Waals surface area contributed by atoms with Crippen LogP contribution in [0.2, 0.25) is 0 Å². The number of benzene rings is 2. The van der Waals surface area contributed by atoms with E-state index in [-0.39, 0.29) is 18.1 Å². The average molecular weight is 583 g/mol. The summed E-state index contributed by atoms with van der Waals surface area (Å²) < 4.78 is 11.6. The standard InChI is InChI=1S/C31H34N8O4/c32-14-22-13-21(1-6-27(22)43-28-12-20-11-26(28)39(15-20)29(41)16-40)30-33-19-34-31(36-30)35-23-2-4-24(5-3-23)37-7-9-38(10-8-37)25-17-42-18-25/h1-6,13,19-20,25-26,28,40H,7-12,15-18H2,(H,33,34,35,36)/t20-,26+,28-/m0/s1. The molecule has 4 heterocycles. The van der Waals surface area contributed by atoms with Gasteiger partial charge in [0.15, 0.2) is 5.82 Å². The number of anilines is 3. The van der Waals surface area contributed by atoms with E-state index < -0.39 is 6.61 Å². The second-order valence-corrected chi connectivity index (χ2v) is 11.6. The molecule has 3 atom stereocenters. The third-order valence-electron chi connectivity index (χ3n) is 9.03. The van der Waals surface area contributed by atoms with Crippen molar-refractivity contribution in [3.63, 3.8) is 0 Å². The van der Waals surface area contributed by atoms with Crippen LogP contribution in [-0.2, 0) is 9.53 Å². The molecule has 4 fully saturated rings. The summed E-state index contributed by atoms with van der Waals surface area (Å²) in [5.41, 5.74) is 3.10. The van der Waals surface area contributed by atoms with Gasteiger partial charge < -0.3 is 29.7 Å². The number of carbonyl (C=O) groups excluding carboxylic acids is 1. The Bertz CT molecular complexity index is 1520. The molecule has 2 bridgehead atoms. The van der Waals surface area contributed by atoms with Crippen LogP contribution >= 0.6 is 0 Å². The van der Waals surface area contributed by atoms with Crippen molar-refractivity contribution < 1.29 is 19.4 Å². The number of piperidine rings is 1. The number of ether oxygens (including phenoxy) is 2. The Kier molecular flexibility index (Phi) is 7.52. The summed E-state index contributed by atoms with van der Waals surface area (Å²) in [4.78, 5) is 32.0. The molecule has 3 aliphatic heterocycles. The zero-order valence-corrected chi connectivity index (χ0v) is 23.8. The number of carbonyl (C=O) groups is 1. The number of fused-ring (bicyclic) bond motifs is 2. The highest BCUT2D eigenvalue weighted by Crippen LogP contribution is 2.40. The second-order valence-electron chi connectivity index (χ2n) is 11.6. The lowest BCUT2D eigenvalue weighted by molar-refractivity contribution is -0.137. The number of aliphatic hydroxyl groups is 1. The number of hydrogen-bond donors (Lipinski definition) is 2. The first-order valence-electron chi connectivity index (χ1n) is 14.8. The third-order valence-corrected chi connectivity index (χ3v) is 9.03. The molecule has 12 heteroatoms. The van der Waals surface area contributed by atoms with Gasteiger partial charge in [-0.2, -0.15) is 10.2 Å². The molecule has 0 unspecified atom stereocenters. The Morgan fingerprint density at radius 1 is 1.09 bits per heavy atom. The second kappa shape index (κ2) is 11.8. The fourth-order valence-electron chi connectivity index (χ4n) is 6.65. The van der Waals surface area contributed by atoms with Gasteiger partial charge in [-0.25, -0.2) is 9.97 Å². The van der Waals surface area contributed by atoms with Crippen molar-refractivity contribution in [2.45, 2.75) is 31.0 Å². The molecule has 7 rings (SSSR count). The zero-order valence-electron chi connectivity index (χ0n) is 23.8. The van der Waals surface area contributed by atoms with Crippen molar-refractivity contribution in [1.82, 2.24) is 24.8 Å². The van der Waals surface area contributed by atoms with Crippen LogP contribution in [0.15, 0.2) is 48.8 Å². The first-order chi connectivity index (χ1) is 21.1. The van der Waals surface area contributed by atoms with E-state index in [9.17, 15) is 15.2 Å². The summed E-state index contributed by atoms with van der Waals surface area (Å²) in [6, 6.07) is 16.3. The van der Waals surface area contributed by atoms with Crippen molar-refractivity contribution in [1.29, 1.82) is 5.26 Å². The van der Waals surface area contributed by atoms with Gasteiger partial charge in [0, 0.05) is 49.7 Å². The molecule has 3 aromatic rings. The SMILES string of the molecule is N#Cc1cc(-c2ncnc(Nc3ccc(N4CCN(C5COC5)CC4)cc3)n2)ccc1O[C@H]1C[C@@H]2C[C@H]1N(C(=O)CO)C2. The number of aliphatic hydroxyl groups excluding tert-OH is 1. The fourth-order valence-corrected chi connectivity index (χ4v) is 6.65. The van der Waals surface area contributed by atoms with E-state index in [2.05, 4.69) is 48.3 Å². The molecule has 12 nitrogen and oxygen atoms in total. The number of nitrogens with zero attached hydrogens (tertiary/aromatic N) is 7. The number of likely N-dealkylation sites (tertiary alicyclic amines) is 1. The van der Waals surface area contributed by atoms with Crippen molar-refractivity contribution in [3.8, 4) is 23.2 Å². The molecule has 43 heavy (non-hydrogen) atoms. The summed E-state index contributed by atoms with van der Waals surface area (Å²) >= 11 is 0. The maximum atomic E-state index is 12.1. The van der Waals surface area contributed by atoms with Crippen LogP contribution in [0, 0.1) is 17.2 Å². The predicted molar refractivity (Wildman–Crippen MR) is 158 cm³/mol. The Morgan fingerprint density at radius 3 is 2.60 bits per heavy atom. The number of aromatic nitrogens is 3. The molecule has 1 saturated carbocycles. The zero-order chi connectivity index (χ0) is 29.3. The largest absolute Gasteiger partial charge is 0.487 e. The maximum Gasteiger partial charge on any atom is 0.248 e. The van der Waals surface area contributed by atoms with E-state index in [1.807, 2.05) is 18.2 Å².